The highest BCUT2D eigenvalue weighted by Crippen LogP contribution is 2.41. The molecule has 0 bridgehead atoms. The first-order valence-corrected chi connectivity index (χ1v) is 13.1. The number of amides is 2. The Balaban J connectivity index is 1.29. The van der Waals surface area contributed by atoms with Crippen LogP contribution in [0.25, 0.3) is 0 Å². The normalized spacial score (nSPS) is 28.0. The van der Waals surface area contributed by atoms with Gasteiger partial charge in [0.2, 0.25) is 5.91 Å². The summed E-state index contributed by atoms with van der Waals surface area (Å²) in [6.07, 6.45) is 7.80. The molecule has 2 saturated heterocycles. The molecule has 1 saturated carbocycles. The highest BCUT2D eigenvalue weighted by atomic mass is 16.5. The number of hydrogen-bond donors (Lipinski definition) is 1. The van der Waals surface area contributed by atoms with E-state index in [1.54, 1.807) is 6.92 Å². The van der Waals surface area contributed by atoms with Crippen LogP contribution in [0.2, 0.25) is 0 Å². The number of carbonyl (C=O) groups excluding carboxylic acids is 3. The number of ether oxygens (including phenoxy) is 1. The van der Waals surface area contributed by atoms with Crippen molar-refractivity contribution in [2.45, 2.75) is 64.5 Å². The summed E-state index contributed by atoms with van der Waals surface area (Å²) in [4.78, 5) is 42.9. The van der Waals surface area contributed by atoms with E-state index in [1.807, 2.05) is 24.4 Å². The topological polar surface area (TPSA) is 112 Å². The average Bonchev–Trinajstić information content (AvgIpc) is 2.88. The minimum absolute atomic E-state index is 0.0292. The third-order valence-corrected chi connectivity index (χ3v) is 8.06. The van der Waals surface area contributed by atoms with Crippen molar-refractivity contribution in [2.75, 3.05) is 19.7 Å². The number of carbonyl (C=O) groups is 3. The molecule has 192 valence electrons. The summed E-state index contributed by atoms with van der Waals surface area (Å²) >= 11 is 0. The third-order valence-electron chi connectivity index (χ3n) is 8.06. The smallest absolute Gasteiger partial charge is 0.251 e. The van der Waals surface area contributed by atoms with E-state index in [4.69, 9.17) is 10.00 Å². The van der Waals surface area contributed by atoms with E-state index in [0.717, 1.165) is 57.5 Å². The number of rotatable bonds is 8. The predicted octanol–water partition coefficient (Wildman–Crippen LogP) is 3.30. The SMILES string of the molecule is CC(=O)C1CCC(C2CCN(Cc3ccc(OCC#N)cc3)CC2)CC1/C=N/C1CCC(=O)NC1=O. The van der Waals surface area contributed by atoms with Crippen LogP contribution in [0.1, 0.15) is 57.4 Å². The zero-order chi connectivity index (χ0) is 25.5. The highest BCUT2D eigenvalue weighted by Gasteiger charge is 2.37. The molecule has 1 N–H and O–H groups in total. The van der Waals surface area contributed by atoms with Gasteiger partial charge in [0.25, 0.3) is 5.91 Å². The number of imide groups is 1. The van der Waals surface area contributed by atoms with Crippen molar-refractivity contribution >= 4 is 23.8 Å². The second-order valence-corrected chi connectivity index (χ2v) is 10.4. The number of hydrogen-bond acceptors (Lipinski definition) is 7. The average molecular weight is 493 g/mol. The Labute approximate surface area is 213 Å². The second kappa shape index (κ2) is 12.3. The molecule has 3 aliphatic rings. The van der Waals surface area contributed by atoms with Crippen LogP contribution in [0.4, 0.5) is 0 Å². The van der Waals surface area contributed by atoms with Gasteiger partial charge in [-0.2, -0.15) is 5.26 Å². The van der Waals surface area contributed by atoms with Crippen LogP contribution in [0.3, 0.4) is 0 Å². The van der Waals surface area contributed by atoms with Crippen molar-refractivity contribution in [3.05, 3.63) is 29.8 Å². The first-order chi connectivity index (χ1) is 17.4. The Morgan fingerprint density at radius 2 is 1.89 bits per heavy atom. The van der Waals surface area contributed by atoms with Crippen molar-refractivity contribution in [2.24, 2.45) is 28.7 Å². The van der Waals surface area contributed by atoms with Crippen LogP contribution >= 0.6 is 0 Å². The Morgan fingerprint density at radius 3 is 2.56 bits per heavy atom. The maximum absolute atomic E-state index is 12.3. The number of Topliss-reactive ketones (excluding diaryl/α,β-unsaturated/α-hetero) is 1. The molecule has 2 heterocycles. The fourth-order valence-electron chi connectivity index (χ4n) is 6.02. The lowest BCUT2D eigenvalue weighted by molar-refractivity contribution is -0.134. The molecule has 1 aliphatic carbocycles. The summed E-state index contributed by atoms with van der Waals surface area (Å²) in [5.41, 5.74) is 1.24. The predicted molar refractivity (Wildman–Crippen MR) is 135 cm³/mol. The van der Waals surface area contributed by atoms with Gasteiger partial charge in [0.15, 0.2) is 6.61 Å². The number of aliphatic imine (C=N–C) groups is 1. The first-order valence-electron chi connectivity index (χ1n) is 13.1. The zero-order valence-corrected chi connectivity index (χ0v) is 21.0. The number of ketones is 1. The largest absolute Gasteiger partial charge is 0.479 e. The van der Waals surface area contributed by atoms with E-state index in [0.29, 0.717) is 24.7 Å². The fourth-order valence-corrected chi connectivity index (χ4v) is 6.02. The van der Waals surface area contributed by atoms with Gasteiger partial charge in [-0.3, -0.25) is 29.6 Å². The lowest BCUT2D eigenvalue weighted by Gasteiger charge is -2.41. The van der Waals surface area contributed by atoms with E-state index in [1.165, 1.54) is 5.56 Å². The van der Waals surface area contributed by atoms with E-state index < -0.39 is 6.04 Å². The molecule has 1 aromatic carbocycles. The lowest BCUT2D eigenvalue weighted by atomic mass is 9.67. The van der Waals surface area contributed by atoms with Gasteiger partial charge in [0.1, 0.15) is 23.6 Å². The third kappa shape index (κ3) is 6.79. The number of nitriles is 1. The van der Waals surface area contributed by atoms with Crippen LogP contribution in [-0.4, -0.2) is 54.5 Å². The number of likely N-dealkylation sites (tertiary alicyclic amines) is 1. The van der Waals surface area contributed by atoms with Gasteiger partial charge < -0.3 is 4.74 Å². The molecule has 1 aromatic rings. The van der Waals surface area contributed by atoms with Crippen molar-refractivity contribution in [3.63, 3.8) is 0 Å². The summed E-state index contributed by atoms with van der Waals surface area (Å²) in [6, 6.07) is 9.43. The summed E-state index contributed by atoms with van der Waals surface area (Å²) in [6.45, 7) is 4.74. The van der Waals surface area contributed by atoms with Gasteiger partial charge in [-0.25, -0.2) is 0 Å². The standard InChI is InChI=1S/C28H36N4O4/c1-19(33)25-7-4-22(16-23(25)17-30-26-8-9-27(34)31-28(26)35)21-10-13-32(14-11-21)18-20-2-5-24(6-3-20)36-15-12-29/h2-3,5-6,17,21-23,25-26H,4,7-11,13-16,18H2,1H3,(H,31,34,35)/b30-17+. The van der Waals surface area contributed by atoms with Gasteiger partial charge in [0.05, 0.1) is 0 Å². The quantitative estimate of drug-likeness (QED) is 0.440. The van der Waals surface area contributed by atoms with Crippen LogP contribution in [0.5, 0.6) is 5.75 Å². The van der Waals surface area contributed by atoms with Crippen LogP contribution < -0.4 is 10.1 Å². The highest BCUT2D eigenvalue weighted by molar-refractivity contribution is 6.00. The molecule has 36 heavy (non-hydrogen) atoms. The summed E-state index contributed by atoms with van der Waals surface area (Å²) < 4.78 is 5.34. The number of piperidine rings is 2. The fraction of sp³-hybridized carbons (Fsp3) is 0.607. The number of nitrogens with one attached hydrogen (secondary N) is 1. The first kappa shape index (κ1) is 26.0. The summed E-state index contributed by atoms with van der Waals surface area (Å²) in [7, 11) is 0. The molecular weight excluding hydrogens is 456 g/mol. The van der Waals surface area contributed by atoms with E-state index >= 15 is 0 Å². The molecule has 2 amide bonds. The Hall–Kier alpha value is -3.05. The molecule has 2 aliphatic heterocycles. The minimum atomic E-state index is -0.522. The zero-order valence-electron chi connectivity index (χ0n) is 21.0. The maximum atomic E-state index is 12.3. The Kier molecular flexibility index (Phi) is 8.87. The summed E-state index contributed by atoms with van der Waals surface area (Å²) in [5, 5.41) is 11.0. The van der Waals surface area contributed by atoms with Gasteiger partial charge in [-0.05, 0) is 88.1 Å². The van der Waals surface area contributed by atoms with Crippen molar-refractivity contribution in [1.82, 2.24) is 10.2 Å². The molecule has 4 unspecified atom stereocenters. The monoisotopic (exact) mass is 492 g/mol. The maximum Gasteiger partial charge on any atom is 0.251 e. The van der Waals surface area contributed by atoms with Crippen LogP contribution in [0, 0.1) is 35.0 Å². The van der Waals surface area contributed by atoms with Gasteiger partial charge in [0, 0.05) is 31.0 Å². The second-order valence-electron chi connectivity index (χ2n) is 10.4. The van der Waals surface area contributed by atoms with E-state index in [2.05, 4.69) is 27.3 Å². The molecule has 0 spiro atoms. The van der Waals surface area contributed by atoms with E-state index in [-0.39, 0.29) is 36.0 Å². The van der Waals surface area contributed by atoms with Crippen molar-refractivity contribution < 1.29 is 19.1 Å². The summed E-state index contributed by atoms with van der Waals surface area (Å²) in [5.74, 6) is 1.59. The van der Waals surface area contributed by atoms with Crippen LogP contribution in [-0.2, 0) is 20.9 Å². The molecule has 0 aromatic heterocycles. The van der Waals surface area contributed by atoms with Crippen molar-refractivity contribution in [3.8, 4) is 11.8 Å². The number of nitrogens with zero attached hydrogens (tertiary/aromatic N) is 3. The Bertz CT molecular complexity index is 1010. The van der Waals surface area contributed by atoms with Gasteiger partial charge in [-0.1, -0.05) is 12.1 Å². The molecule has 3 fully saturated rings. The molecular formula is C28H36N4O4. The molecule has 4 atom stereocenters. The Morgan fingerprint density at radius 1 is 1.14 bits per heavy atom. The molecule has 0 radical (unpaired) electrons. The minimum Gasteiger partial charge on any atom is -0.479 e. The van der Waals surface area contributed by atoms with E-state index in [9.17, 15) is 14.4 Å². The molecule has 8 nitrogen and oxygen atoms in total. The lowest BCUT2D eigenvalue weighted by Crippen LogP contribution is -2.43. The number of benzene rings is 1. The molecule has 8 heteroatoms. The van der Waals surface area contributed by atoms with Gasteiger partial charge in [-0.15, -0.1) is 0 Å². The van der Waals surface area contributed by atoms with Crippen LogP contribution in [0.15, 0.2) is 29.3 Å². The van der Waals surface area contributed by atoms with Crippen molar-refractivity contribution in [1.29, 1.82) is 5.26 Å². The van der Waals surface area contributed by atoms with Gasteiger partial charge >= 0.3 is 0 Å². The molecule has 4 rings (SSSR count).